The Bertz CT molecular complexity index is 500. The van der Waals surface area contributed by atoms with Crippen LogP contribution in [0.3, 0.4) is 0 Å². The van der Waals surface area contributed by atoms with E-state index < -0.39 is 36.5 Å². The molecular formula is C12H17F3N2O5S. The van der Waals surface area contributed by atoms with Gasteiger partial charge in [-0.2, -0.15) is 13.2 Å². The smallest absolute Gasteiger partial charge is 0.475 e. The molecule has 0 spiro atoms. The predicted molar refractivity (Wildman–Crippen MR) is 77.1 cm³/mol. The van der Waals surface area contributed by atoms with E-state index >= 15 is 0 Å². The third kappa shape index (κ3) is 4.83. The number of nitrogens with zero attached hydrogens (tertiary/aromatic N) is 1. The van der Waals surface area contributed by atoms with Crippen LogP contribution in [0.15, 0.2) is 17.1 Å². The van der Waals surface area contributed by atoms with E-state index in [0.717, 1.165) is 5.17 Å². The highest BCUT2D eigenvalue weighted by molar-refractivity contribution is 8.14. The number of rotatable bonds is 1. The molecule has 132 valence electrons. The SMILES string of the molecule is C=C(C)[C@H]1O[C@H]2SC(NC)=N[C@H]2[C@@H](O)[C@@H]1O.O=C(O)C(F)(F)F. The van der Waals surface area contributed by atoms with Crippen LogP contribution < -0.4 is 5.32 Å². The van der Waals surface area contributed by atoms with Gasteiger partial charge in [-0.1, -0.05) is 18.3 Å². The number of amidine groups is 1. The number of thioether (sulfide) groups is 1. The molecule has 0 aromatic heterocycles. The molecule has 0 bridgehead atoms. The molecule has 0 saturated carbocycles. The number of ether oxygens (including phenoxy) is 1. The highest BCUT2D eigenvalue weighted by Crippen LogP contribution is 2.37. The van der Waals surface area contributed by atoms with Crippen molar-refractivity contribution in [2.75, 3.05) is 7.05 Å². The molecule has 0 unspecified atom stereocenters. The van der Waals surface area contributed by atoms with Crippen molar-refractivity contribution in [2.45, 2.75) is 42.9 Å². The minimum absolute atomic E-state index is 0.248. The van der Waals surface area contributed by atoms with Gasteiger partial charge in [0.2, 0.25) is 0 Å². The van der Waals surface area contributed by atoms with Crippen LogP contribution in [-0.2, 0) is 9.53 Å². The van der Waals surface area contributed by atoms with Crippen molar-refractivity contribution >= 4 is 22.9 Å². The Balaban J connectivity index is 0.000000322. The van der Waals surface area contributed by atoms with E-state index in [1.54, 1.807) is 14.0 Å². The first-order valence-corrected chi connectivity index (χ1v) is 7.26. The lowest BCUT2D eigenvalue weighted by molar-refractivity contribution is -0.192. The summed E-state index contributed by atoms with van der Waals surface area (Å²) in [5.74, 6) is -2.76. The number of carboxylic acid groups (broad SMARTS) is 1. The van der Waals surface area contributed by atoms with Gasteiger partial charge in [0.15, 0.2) is 5.17 Å². The fourth-order valence-electron chi connectivity index (χ4n) is 1.89. The number of hydrogen-bond acceptors (Lipinski definition) is 7. The van der Waals surface area contributed by atoms with E-state index in [0.29, 0.717) is 5.57 Å². The Hall–Kier alpha value is -1.30. The minimum Gasteiger partial charge on any atom is -0.475 e. The highest BCUT2D eigenvalue weighted by atomic mass is 32.2. The number of halogens is 3. The van der Waals surface area contributed by atoms with E-state index in [1.165, 1.54) is 11.8 Å². The van der Waals surface area contributed by atoms with Gasteiger partial charge in [-0.25, -0.2) is 4.79 Å². The third-order valence-corrected chi connectivity index (χ3v) is 4.16. The number of aliphatic imine (C=N–C) groups is 1. The second kappa shape index (κ2) is 7.51. The molecule has 1 fully saturated rings. The Labute approximate surface area is 134 Å². The molecule has 2 heterocycles. The first-order chi connectivity index (χ1) is 10.5. The van der Waals surface area contributed by atoms with Crippen molar-refractivity contribution in [2.24, 2.45) is 4.99 Å². The fraction of sp³-hybridized carbons (Fsp3) is 0.667. The fourth-order valence-corrected chi connectivity index (χ4v) is 2.95. The van der Waals surface area contributed by atoms with Gasteiger partial charge in [-0.05, 0) is 12.5 Å². The quantitative estimate of drug-likeness (QED) is 0.500. The second-order valence-corrected chi connectivity index (χ2v) is 5.94. The van der Waals surface area contributed by atoms with Gasteiger partial charge < -0.3 is 25.4 Å². The predicted octanol–water partition coefficient (Wildman–Crippen LogP) is 0.333. The van der Waals surface area contributed by atoms with Gasteiger partial charge in [0.05, 0.1) is 0 Å². The van der Waals surface area contributed by atoms with Crippen LogP contribution in [0.1, 0.15) is 6.92 Å². The largest absolute Gasteiger partial charge is 0.490 e. The van der Waals surface area contributed by atoms with Gasteiger partial charge in [0.1, 0.15) is 29.8 Å². The Kier molecular flexibility index (Phi) is 6.45. The molecule has 0 aromatic carbocycles. The maximum atomic E-state index is 10.6. The number of aliphatic hydroxyl groups excluding tert-OH is 2. The highest BCUT2D eigenvalue weighted by Gasteiger charge is 2.48. The van der Waals surface area contributed by atoms with Gasteiger partial charge in [-0.15, -0.1) is 0 Å². The lowest BCUT2D eigenvalue weighted by atomic mass is 9.95. The molecule has 0 amide bonds. The molecule has 0 radical (unpaired) electrons. The molecule has 2 aliphatic rings. The molecule has 2 aliphatic heterocycles. The summed E-state index contributed by atoms with van der Waals surface area (Å²) < 4.78 is 37.4. The number of aliphatic carboxylic acids is 1. The molecule has 2 rings (SSSR count). The summed E-state index contributed by atoms with van der Waals surface area (Å²) >= 11 is 1.43. The van der Waals surface area contributed by atoms with Crippen molar-refractivity contribution in [3.8, 4) is 0 Å². The Morgan fingerprint density at radius 2 is 1.91 bits per heavy atom. The summed E-state index contributed by atoms with van der Waals surface area (Å²) in [5, 5.41) is 30.6. The average Bonchev–Trinajstić information content (AvgIpc) is 2.85. The van der Waals surface area contributed by atoms with E-state index in [1.807, 2.05) is 0 Å². The van der Waals surface area contributed by atoms with Crippen LogP contribution >= 0.6 is 11.8 Å². The number of carboxylic acids is 1. The first kappa shape index (κ1) is 19.7. The molecule has 5 atom stereocenters. The Morgan fingerprint density at radius 1 is 1.39 bits per heavy atom. The Morgan fingerprint density at radius 3 is 2.30 bits per heavy atom. The number of hydrogen-bond donors (Lipinski definition) is 4. The van der Waals surface area contributed by atoms with E-state index in [-0.39, 0.29) is 5.44 Å². The van der Waals surface area contributed by atoms with E-state index in [4.69, 9.17) is 14.6 Å². The minimum atomic E-state index is -5.08. The van der Waals surface area contributed by atoms with Crippen molar-refractivity contribution < 1.29 is 38.0 Å². The lowest BCUT2D eigenvalue weighted by Crippen LogP contribution is -2.54. The van der Waals surface area contributed by atoms with Gasteiger partial charge in [-0.3, -0.25) is 4.99 Å². The van der Waals surface area contributed by atoms with Crippen molar-refractivity contribution in [1.29, 1.82) is 0 Å². The lowest BCUT2D eigenvalue weighted by Gasteiger charge is -2.38. The molecule has 1 saturated heterocycles. The summed E-state index contributed by atoms with van der Waals surface area (Å²) in [7, 11) is 1.77. The number of carbonyl (C=O) groups is 1. The number of fused-ring (bicyclic) bond motifs is 1. The summed E-state index contributed by atoms with van der Waals surface area (Å²) in [5.41, 5.74) is 0.464. The molecular weight excluding hydrogens is 341 g/mol. The van der Waals surface area contributed by atoms with Crippen LogP contribution in [0.2, 0.25) is 0 Å². The third-order valence-electron chi connectivity index (χ3n) is 3.01. The summed E-state index contributed by atoms with van der Waals surface area (Å²) in [6.07, 6.45) is -7.46. The van der Waals surface area contributed by atoms with Gasteiger partial charge in [0, 0.05) is 7.05 Å². The summed E-state index contributed by atoms with van der Waals surface area (Å²) in [6.45, 7) is 5.54. The van der Waals surface area contributed by atoms with Crippen molar-refractivity contribution in [1.82, 2.24) is 5.32 Å². The second-order valence-electron chi connectivity index (χ2n) is 4.85. The standard InChI is InChI=1S/C10H16N2O3S.C2HF3O2/c1-4(2)8-7(14)6(13)5-9(15-8)16-10(11-3)12-5;3-2(4,5)1(6)7/h5-9,13-14H,1H2,2-3H3,(H,11,12);(H,6,7)/t5-,6+,7-,8+,9-;/m0./s1. The first-order valence-electron chi connectivity index (χ1n) is 6.38. The number of aliphatic hydroxyl groups is 2. The zero-order valence-corrected chi connectivity index (χ0v) is 13.1. The van der Waals surface area contributed by atoms with Crippen molar-refractivity contribution in [3.05, 3.63) is 12.2 Å². The molecule has 23 heavy (non-hydrogen) atoms. The normalized spacial score (nSPS) is 33.0. The van der Waals surface area contributed by atoms with E-state index in [2.05, 4.69) is 16.9 Å². The van der Waals surface area contributed by atoms with Crippen LogP contribution in [0, 0.1) is 0 Å². The maximum Gasteiger partial charge on any atom is 0.490 e. The zero-order chi connectivity index (χ0) is 17.9. The summed E-state index contributed by atoms with van der Waals surface area (Å²) in [6, 6.07) is -0.405. The van der Waals surface area contributed by atoms with E-state index in [9.17, 15) is 23.4 Å². The van der Waals surface area contributed by atoms with Crippen LogP contribution in [-0.4, -0.2) is 69.5 Å². The molecule has 0 aliphatic carbocycles. The monoisotopic (exact) mass is 358 g/mol. The maximum absolute atomic E-state index is 10.6. The van der Waals surface area contributed by atoms with Crippen molar-refractivity contribution in [3.63, 3.8) is 0 Å². The summed E-state index contributed by atoms with van der Waals surface area (Å²) in [4.78, 5) is 13.2. The van der Waals surface area contributed by atoms with Crippen LogP contribution in [0.4, 0.5) is 13.2 Å². The topological polar surface area (TPSA) is 111 Å². The van der Waals surface area contributed by atoms with Crippen LogP contribution in [0.25, 0.3) is 0 Å². The zero-order valence-electron chi connectivity index (χ0n) is 12.2. The number of nitrogens with one attached hydrogen (secondary N) is 1. The van der Waals surface area contributed by atoms with Gasteiger partial charge in [0.25, 0.3) is 0 Å². The molecule has 11 heteroatoms. The van der Waals surface area contributed by atoms with Crippen LogP contribution in [0.5, 0.6) is 0 Å². The molecule has 7 nitrogen and oxygen atoms in total. The average molecular weight is 358 g/mol. The molecule has 0 aromatic rings. The van der Waals surface area contributed by atoms with Gasteiger partial charge >= 0.3 is 12.1 Å². The molecule has 4 N–H and O–H groups in total. The number of alkyl halides is 3.